The van der Waals surface area contributed by atoms with Crippen molar-refractivity contribution in [3.8, 4) is 5.82 Å². The lowest BCUT2D eigenvalue weighted by atomic mass is 10.2. The third-order valence-electron chi connectivity index (χ3n) is 4.76. The zero-order chi connectivity index (χ0) is 18.1. The van der Waals surface area contributed by atoms with Crippen LogP contribution < -0.4 is 9.80 Å². The average Bonchev–Trinajstić information content (AvgIpc) is 3.19. The molecular weight excluding hydrogens is 340 g/mol. The molecule has 0 aliphatic carbocycles. The molecule has 1 aliphatic rings. The van der Waals surface area contributed by atoms with E-state index in [1.54, 1.807) is 17.2 Å². The molecule has 1 fully saturated rings. The van der Waals surface area contributed by atoms with Gasteiger partial charge in [-0.15, -0.1) is 0 Å². The van der Waals surface area contributed by atoms with Gasteiger partial charge < -0.3 is 9.80 Å². The van der Waals surface area contributed by atoms with Crippen LogP contribution in [0.5, 0.6) is 0 Å². The molecule has 0 unspecified atom stereocenters. The predicted molar refractivity (Wildman–Crippen MR) is 103 cm³/mol. The lowest BCUT2D eigenvalue weighted by Gasteiger charge is -2.36. The lowest BCUT2D eigenvalue weighted by molar-refractivity contribution is 0.643. The third-order valence-corrected chi connectivity index (χ3v) is 4.76. The molecule has 4 aromatic rings. The molecule has 0 amide bonds. The second-order valence-corrected chi connectivity index (χ2v) is 6.34. The summed E-state index contributed by atoms with van der Waals surface area (Å²) in [5.41, 5.74) is 0.769. The van der Waals surface area contributed by atoms with Crippen LogP contribution >= 0.6 is 0 Å². The van der Waals surface area contributed by atoms with Crippen LogP contribution in [0.2, 0.25) is 0 Å². The van der Waals surface area contributed by atoms with E-state index in [0.29, 0.717) is 0 Å². The Morgan fingerprint density at radius 3 is 2.11 bits per heavy atom. The van der Waals surface area contributed by atoms with Gasteiger partial charge in [0.1, 0.15) is 18.0 Å². The summed E-state index contributed by atoms with van der Waals surface area (Å²) in [6.07, 6.45) is 7.01. The molecule has 0 bridgehead atoms. The number of hydrogen-bond acceptors (Lipinski definition) is 7. The standard InChI is InChI=1S/C19H18N8/c1-3-7-20-16(5-1)25-9-11-26(12-10-25)18-15-13-24-27(19(15)23-14-22-18)17-6-2-4-8-21-17/h1-8,13-14H,9-12H2. The largest absolute Gasteiger partial charge is 0.353 e. The maximum atomic E-state index is 4.54. The van der Waals surface area contributed by atoms with Crippen molar-refractivity contribution in [1.82, 2.24) is 29.7 Å². The fourth-order valence-corrected chi connectivity index (χ4v) is 3.42. The van der Waals surface area contributed by atoms with Crippen molar-refractivity contribution in [2.75, 3.05) is 36.0 Å². The maximum Gasteiger partial charge on any atom is 0.170 e. The number of nitrogens with zero attached hydrogens (tertiary/aromatic N) is 8. The summed E-state index contributed by atoms with van der Waals surface area (Å²) >= 11 is 0. The molecule has 1 aliphatic heterocycles. The van der Waals surface area contributed by atoms with E-state index in [4.69, 9.17) is 0 Å². The van der Waals surface area contributed by atoms with Crippen molar-refractivity contribution in [2.45, 2.75) is 0 Å². The van der Waals surface area contributed by atoms with Crippen LogP contribution in [-0.4, -0.2) is 55.9 Å². The van der Waals surface area contributed by atoms with Gasteiger partial charge in [0, 0.05) is 38.6 Å². The van der Waals surface area contributed by atoms with Crippen LogP contribution in [0.25, 0.3) is 16.9 Å². The average molecular weight is 358 g/mol. The van der Waals surface area contributed by atoms with Gasteiger partial charge in [-0.2, -0.15) is 9.78 Å². The minimum atomic E-state index is 0.747. The SMILES string of the molecule is c1ccc(N2CCN(c3ncnc4c3cnn4-c3ccccn3)CC2)nc1. The highest BCUT2D eigenvalue weighted by molar-refractivity contribution is 5.87. The number of anilines is 2. The van der Waals surface area contributed by atoms with Crippen LogP contribution in [0.15, 0.2) is 61.3 Å². The van der Waals surface area contributed by atoms with E-state index in [1.807, 2.05) is 42.7 Å². The first kappa shape index (κ1) is 15.7. The van der Waals surface area contributed by atoms with Crippen LogP contribution in [0.3, 0.4) is 0 Å². The summed E-state index contributed by atoms with van der Waals surface area (Å²) < 4.78 is 1.75. The molecule has 5 heterocycles. The van der Waals surface area contributed by atoms with Crippen molar-refractivity contribution in [2.24, 2.45) is 0 Å². The Morgan fingerprint density at radius 1 is 0.704 bits per heavy atom. The number of pyridine rings is 2. The fourth-order valence-electron chi connectivity index (χ4n) is 3.42. The van der Waals surface area contributed by atoms with Crippen LogP contribution in [0.4, 0.5) is 11.6 Å². The van der Waals surface area contributed by atoms with Crippen molar-refractivity contribution >= 4 is 22.7 Å². The van der Waals surface area contributed by atoms with Crippen LogP contribution in [0, 0.1) is 0 Å². The number of fused-ring (bicyclic) bond motifs is 1. The van der Waals surface area contributed by atoms with E-state index in [1.165, 1.54) is 0 Å². The summed E-state index contributed by atoms with van der Waals surface area (Å²) in [6.45, 7) is 3.54. The Kier molecular flexibility index (Phi) is 3.86. The second-order valence-electron chi connectivity index (χ2n) is 6.34. The highest BCUT2D eigenvalue weighted by atomic mass is 15.3. The molecule has 0 radical (unpaired) electrons. The van der Waals surface area contributed by atoms with Crippen molar-refractivity contribution < 1.29 is 0 Å². The summed E-state index contributed by atoms with van der Waals surface area (Å²) in [4.78, 5) is 22.4. The Morgan fingerprint density at radius 2 is 1.41 bits per heavy atom. The molecule has 8 nitrogen and oxygen atoms in total. The molecule has 0 N–H and O–H groups in total. The summed E-state index contributed by atoms with van der Waals surface area (Å²) in [6, 6.07) is 11.8. The molecule has 8 heteroatoms. The first-order valence-electron chi connectivity index (χ1n) is 8.91. The van der Waals surface area contributed by atoms with E-state index in [9.17, 15) is 0 Å². The minimum Gasteiger partial charge on any atom is -0.353 e. The fraction of sp³-hybridized carbons (Fsp3) is 0.211. The quantitative estimate of drug-likeness (QED) is 0.554. The molecule has 1 saturated heterocycles. The zero-order valence-corrected chi connectivity index (χ0v) is 14.7. The summed E-state index contributed by atoms with van der Waals surface area (Å²) in [5, 5.41) is 5.43. The van der Waals surface area contributed by atoms with Gasteiger partial charge in [-0.3, -0.25) is 0 Å². The van der Waals surface area contributed by atoms with E-state index in [2.05, 4.69) is 40.9 Å². The van der Waals surface area contributed by atoms with E-state index < -0.39 is 0 Å². The topological polar surface area (TPSA) is 75.9 Å². The van der Waals surface area contributed by atoms with Crippen molar-refractivity contribution in [3.63, 3.8) is 0 Å². The molecule has 0 aromatic carbocycles. The van der Waals surface area contributed by atoms with E-state index in [0.717, 1.165) is 54.7 Å². The van der Waals surface area contributed by atoms with E-state index >= 15 is 0 Å². The Bertz CT molecular complexity index is 1040. The molecular formula is C19H18N8. The second kappa shape index (κ2) is 6.64. The molecule has 4 aromatic heterocycles. The number of piperazine rings is 1. The third kappa shape index (κ3) is 2.84. The molecule has 134 valence electrons. The smallest absolute Gasteiger partial charge is 0.170 e. The molecule has 0 spiro atoms. The van der Waals surface area contributed by atoms with E-state index in [-0.39, 0.29) is 0 Å². The van der Waals surface area contributed by atoms with Crippen molar-refractivity contribution in [1.29, 1.82) is 0 Å². The predicted octanol–water partition coefficient (Wildman–Crippen LogP) is 1.93. The van der Waals surface area contributed by atoms with Gasteiger partial charge >= 0.3 is 0 Å². The highest BCUT2D eigenvalue weighted by Crippen LogP contribution is 2.25. The number of aromatic nitrogens is 6. The number of rotatable bonds is 3. The zero-order valence-electron chi connectivity index (χ0n) is 14.7. The summed E-state index contributed by atoms with van der Waals surface area (Å²) in [5.74, 6) is 2.69. The van der Waals surface area contributed by atoms with Crippen LogP contribution in [0.1, 0.15) is 0 Å². The van der Waals surface area contributed by atoms with Gasteiger partial charge in [0.15, 0.2) is 11.5 Å². The van der Waals surface area contributed by atoms with Gasteiger partial charge in [-0.1, -0.05) is 12.1 Å². The molecule has 5 rings (SSSR count). The normalized spacial score (nSPS) is 14.7. The lowest BCUT2D eigenvalue weighted by Crippen LogP contribution is -2.47. The Balaban J connectivity index is 1.42. The van der Waals surface area contributed by atoms with Gasteiger partial charge in [0.05, 0.1) is 11.6 Å². The van der Waals surface area contributed by atoms with Gasteiger partial charge in [0.25, 0.3) is 0 Å². The molecule has 0 saturated carbocycles. The minimum absolute atomic E-state index is 0.747. The van der Waals surface area contributed by atoms with Crippen LogP contribution in [-0.2, 0) is 0 Å². The van der Waals surface area contributed by atoms with Gasteiger partial charge in [-0.05, 0) is 24.3 Å². The maximum absolute atomic E-state index is 4.54. The van der Waals surface area contributed by atoms with Crippen molar-refractivity contribution in [3.05, 3.63) is 61.3 Å². The first-order valence-corrected chi connectivity index (χ1v) is 8.91. The van der Waals surface area contributed by atoms with Gasteiger partial charge in [0.2, 0.25) is 0 Å². The highest BCUT2D eigenvalue weighted by Gasteiger charge is 2.22. The first-order chi connectivity index (χ1) is 13.4. The Labute approximate surface area is 156 Å². The van der Waals surface area contributed by atoms with Gasteiger partial charge in [-0.25, -0.2) is 19.9 Å². The summed E-state index contributed by atoms with van der Waals surface area (Å²) in [7, 11) is 0. The Hall–Kier alpha value is -3.55. The molecule has 0 atom stereocenters. The monoisotopic (exact) mass is 358 g/mol. The number of hydrogen-bond donors (Lipinski definition) is 0. The molecule has 27 heavy (non-hydrogen) atoms.